The predicted octanol–water partition coefficient (Wildman–Crippen LogP) is 0.704. The van der Waals surface area contributed by atoms with E-state index < -0.39 is 5.97 Å². The average molecular weight is 221 g/mol. The third kappa shape index (κ3) is 3.20. The molecular weight excluding hydrogens is 210 g/mol. The zero-order valence-electron chi connectivity index (χ0n) is 8.47. The lowest BCUT2D eigenvalue weighted by Gasteiger charge is -2.03. The lowest BCUT2D eigenvalue weighted by Crippen LogP contribution is -2.24. The fraction of sp³-hybridized carbons (Fsp3) is 0.182. The number of carbonyl (C=O) groups is 3. The predicted molar refractivity (Wildman–Crippen MR) is 56.4 cm³/mol. The number of benzene rings is 1. The topological polar surface area (TPSA) is 83.5 Å². The molecule has 0 spiro atoms. The molecule has 1 rings (SSSR count). The van der Waals surface area contributed by atoms with Crippen molar-refractivity contribution in [2.24, 2.45) is 0 Å². The Balaban J connectivity index is 2.63. The number of amides is 1. The maximum absolute atomic E-state index is 11.4. The van der Waals surface area contributed by atoms with Crippen molar-refractivity contribution in [3.8, 4) is 0 Å². The van der Waals surface area contributed by atoms with Gasteiger partial charge in [0.05, 0.1) is 5.56 Å². The molecule has 0 aromatic heterocycles. The van der Waals surface area contributed by atoms with E-state index >= 15 is 0 Å². The van der Waals surface area contributed by atoms with Gasteiger partial charge in [-0.2, -0.15) is 0 Å². The number of aromatic carboxylic acids is 1. The molecule has 2 N–H and O–H groups in total. The highest BCUT2D eigenvalue weighted by Crippen LogP contribution is 2.04. The molecule has 84 valence electrons. The van der Waals surface area contributed by atoms with Crippen LogP contribution in [0, 0.1) is 0 Å². The summed E-state index contributed by atoms with van der Waals surface area (Å²) in [5, 5.41) is 11.2. The Bertz CT molecular complexity index is 397. The number of aldehydes is 1. The highest BCUT2D eigenvalue weighted by Gasteiger charge is 2.06. The minimum atomic E-state index is -1.03. The Morgan fingerprint density at radius 3 is 2.25 bits per heavy atom. The summed E-state index contributed by atoms with van der Waals surface area (Å²) in [6.45, 7) is 0.281. The van der Waals surface area contributed by atoms with Crippen molar-refractivity contribution in [3.05, 3.63) is 35.4 Å². The molecule has 16 heavy (non-hydrogen) atoms. The van der Waals surface area contributed by atoms with E-state index in [1.807, 2.05) is 0 Å². The van der Waals surface area contributed by atoms with Gasteiger partial charge in [0.25, 0.3) is 5.91 Å². The van der Waals surface area contributed by atoms with Crippen molar-refractivity contribution in [1.82, 2.24) is 5.32 Å². The molecule has 0 saturated heterocycles. The van der Waals surface area contributed by atoms with Crippen LogP contribution in [0.3, 0.4) is 0 Å². The van der Waals surface area contributed by atoms with Crippen molar-refractivity contribution >= 4 is 18.2 Å². The van der Waals surface area contributed by atoms with E-state index in [2.05, 4.69) is 5.32 Å². The van der Waals surface area contributed by atoms with Crippen LogP contribution in [-0.2, 0) is 4.79 Å². The third-order valence-electron chi connectivity index (χ3n) is 1.94. The van der Waals surface area contributed by atoms with Crippen molar-refractivity contribution in [1.29, 1.82) is 0 Å². The SMILES string of the molecule is O=CCCNC(=O)c1ccc(C(=O)O)cc1. The zero-order valence-corrected chi connectivity index (χ0v) is 8.47. The Morgan fingerprint density at radius 2 is 1.75 bits per heavy atom. The van der Waals surface area contributed by atoms with Crippen LogP contribution in [0.5, 0.6) is 0 Å². The van der Waals surface area contributed by atoms with Crippen LogP contribution in [0.15, 0.2) is 24.3 Å². The Hall–Kier alpha value is -2.17. The monoisotopic (exact) mass is 221 g/mol. The van der Waals surface area contributed by atoms with E-state index in [0.717, 1.165) is 0 Å². The fourth-order valence-electron chi connectivity index (χ4n) is 1.11. The van der Waals surface area contributed by atoms with Gasteiger partial charge in [-0.3, -0.25) is 4.79 Å². The number of carbonyl (C=O) groups excluding carboxylic acids is 2. The Labute approximate surface area is 92.1 Å². The maximum atomic E-state index is 11.4. The smallest absolute Gasteiger partial charge is 0.335 e. The van der Waals surface area contributed by atoms with E-state index in [-0.39, 0.29) is 24.4 Å². The zero-order chi connectivity index (χ0) is 12.0. The summed E-state index contributed by atoms with van der Waals surface area (Å²) >= 11 is 0. The van der Waals surface area contributed by atoms with Crippen LogP contribution in [0.25, 0.3) is 0 Å². The lowest BCUT2D eigenvalue weighted by molar-refractivity contribution is -0.107. The maximum Gasteiger partial charge on any atom is 0.335 e. The fourth-order valence-corrected chi connectivity index (χ4v) is 1.11. The first-order chi connectivity index (χ1) is 7.65. The second kappa shape index (κ2) is 5.65. The highest BCUT2D eigenvalue weighted by atomic mass is 16.4. The molecule has 0 aliphatic heterocycles. The Kier molecular flexibility index (Phi) is 4.20. The minimum Gasteiger partial charge on any atom is -0.478 e. The molecule has 1 aromatic rings. The molecule has 5 heteroatoms. The highest BCUT2D eigenvalue weighted by molar-refractivity contribution is 5.95. The van der Waals surface area contributed by atoms with Crippen molar-refractivity contribution in [2.75, 3.05) is 6.54 Å². The summed E-state index contributed by atoms with van der Waals surface area (Å²) in [6.07, 6.45) is 0.979. The van der Waals surface area contributed by atoms with Gasteiger partial charge < -0.3 is 15.2 Å². The summed E-state index contributed by atoms with van der Waals surface area (Å²) in [6, 6.07) is 5.58. The quantitative estimate of drug-likeness (QED) is 0.566. The molecule has 0 heterocycles. The summed E-state index contributed by atoms with van der Waals surface area (Å²) in [7, 11) is 0. The van der Waals surface area contributed by atoms with Gasteiger partial charge in [0, 0.05) is 18.5 Å². The van der Waals surface area contributed by atoms with Crippen LogP contribution in [-0.4, -0.2) is 29.8 Å². The van der Waals surface area contributed by atoms with Gasteiger partial charge >= 0.3 is 5.97 Å². The largest absolute Gasteiger partial charge is 0.478 e. The van der Waals surface area contributed by atoms with Crippen LogP contribution < -0.4 is 5.32 Å². The van der Waals surface area contributed by atoms with E-state index in [4.69, 9.17) is 5.11 Å². The first-order valence-electron chi connectivity index (χ1n) is 4.70. The van der Waals surface area contributed by atoms with E-state index in [1.54, 1.807) is 0 Å². The molecule has 0 fully saturated rings. The first kappa shape index (κ1) is 11.9. The number of hydrogen-bond acceptors (Lipinski definition) is 3. The number of rotatable bonds is 5. The van der Waals surface area contributed by atoms with Crippen molar-refractivity contribution in [2.45, 2.75) is 6.42 Å². The normalized spacial score (nSPS) is 9.50. The molecule has 0 bridgehead atoms. The second-order valence-corrected chi connectivity index (χ2v) is 3.09. The van der Waals surface area contributed by atoms with Crippen LogP contribution in [0.2, 0.25) is 0 Å². The van der Waals surface area contributed by atoms with Crippen LogP contribution in [0.1, 0.15) is 27.1 Å². The van der Waals surface area contributed by atoms with E-state index in [1.165, 1.54) is 24.3 Å². The van der Waals surface area contributed by atoms with Gasteiger partial charge in [0.15, 0.2) is 0 Å². The third-order valence-corrected chi connectivity index (χ3v) is 1.94. The molecule has 0 saturated carbocycles. The molecule has 5 nitrogen and oxygen atoms in total. The second-order valence-electron chi connectivity index (χ2n) is 3.09. The van der Waals surface area contributed by atoms with E-state index in [9.17, 15) is 14.4 Å². The van der Waals surface area contributed by atoms with Gasteiger partial charge in [-0.15, -0.1) is 0 Å². The van der Waals surface area contributed by atoms with Gasteiger partial charge in [-0.1, -0.05) is 0 Å². The number of carboxylic acid groups (broad SMARTS) is 1. The van der Waals surface area contributed by atoms with E-state index in [0.29, 0.717) is 11.8 Å². The molecule has 0 atom stereocenters. The standard InChI is InChI=1S/C11H11NO4/c13-7-1-6-12-10(14)8-2-4-9(5-3-8)11(15)16/h2-5,7H,1,6H2,(H,12,14)(H,15,16). The summed E-state index contributed by atoms with van der Waals surface area (Å²) < 4.78 is 0. The molecular formula is C11H11NO4. The number of nitrogens with one attached hydrogen (secondary N) is 1. The van der Waals surface area contributed by atoms with Gasteiger partial charge in [0.2, 0.25) is 0 Å². The average Bonchev–Trinajstić information content (AvgIpc) is 2.29. The number of carboxylic acids is 1. The number of hydrogen-bond donors (Lipinski definition) is 2. The van der Waals surface area contributed by atoms with Crippen molar-refractivity contribution in [3.63, 3.8) is 0 Å². The minimum absolute atomic E-state index is 0.129. The van der Waals surface area contributed by atoms with Crippen LogP contribution >= 0.6 is 0 Å². The van der Waals surface area contributed by atoms with Gasteiger partial charge in [-0.25, -0.2) is 4.79 Å². The Morgan fingerprint density at radius 1 is 1.19 bits per heavy atom. The molecule has 1 aromatic carbocycles. The molecule has 0 radical (unpaired) electrons. The van der Waals surface area contributed by atoms with Crippen LogP contribution in [0.4, 0.5) is 0 Å². The first-order valence-corrected chi connectivity index (χ1v) is 4.70. The molecule has 0 unspecified atom stereocenters. The van der Waals surface area contributed by atoms with Crippen molar-refractivity contribution < 1.29 is 19.5 Å². The summed E-state index contributed by atoms with van der Waals surface area (Å²) in [5.41, 5.74) is 0.500. The molecule has 1 amide bonds. The molecule has 0 aliphatic rings. The summed E-state index contributed by atoms with van der Waals surface area (Å²) in [4.78, 5) is 32.0. The lowest BCUT2D eigenvalue weighted by atomic mass is 10.1. The van der Waals surface area contributed by atoms with Gasteiger partial charge in [0.1, 0.15) is 6.29 Å². The molecule has 0 aliphatic carbocycles. The summed E-state index contributed by atoms with van der Waals surface area (Å²) in [5.74, 6) is -1.35. The van der Waals surface area contributed by atoms with Gasteiger partial charge in [-0.05, 0) is 24.3 Å².